The Morgan fingerprint density at radius 2 is 1.61 bits per heavy atom. The summed E-state index contributed by atoms with van der Waals surface area (Å²) in [5.74, 6) is -0.176. The van der Waals surface area contributed by atoms with E-state index in [1.807, 2.05) is 0 Å². The molecule has 3 N–H and O–H groups in total. The highest BCUT2D eigenvalue weighted by atomic mass is 35.5. The van der Waals surface area contributed by atoms with E-state index in [2.05, 4.69) is 15.6 Å². The number of nitrogens with one attached hydrogen (secondary N) is 3. The number of anilines is 3. The molecule has 2 aromatic carbocycles. The third kappa shape index (κ3) is 5.59. The Kier molecular flexibility index (Phi) is 6.89. The van der Waals surface area contributed by atoms with Crippen LogP contribution in [0.2, 0.25) is 10.0 Å². The topological polar surface area (TPSA) is 98.2 Å². The van der Waals surface area contributed by atoms with Gasteiger partial charge in [0.15, 0.2) is 0 Å². The highest BCUT2D eigenvalue weighted by molar-refractivity contribution is 6.31. The van der Waals surface area contributed by atoms with E-state index < -0.39 is 5.91 Å². The van der Waals surface area contributed by atoms with Crippen LogP contribution in [0.4, 0.5) is 17.2 Å². The largest absolute Gasteiger partial charge is 0.334 e. The molecule has 2 amide bonds. The van der Waals surface area contributed by atoms with Crippen molar-refractivity contribution in [3.63, 3.8) is 0 Å². The number of carbonyl (C=O) groups is 2. The third-order valence-corrected chi connectivity index (χ3v) is 4.92. The van der Waals surface area contributed by atoms with Crippen LogP contribution in [-0.4, -0.2) is 29.7 Å². The maximum absolute atomic E-state index is 12.8. The standard InChI is InChI=1S/C22H19Cl2N5O2/c1-13(25)29(2)17-7-3-14(4-8-17)21(30)27-19-9-5-15(23)11-18(19)22(31)28-20-10-6-16(24)12-26-20/h3-12,25H,1-2H3,(H,27,30)(H,26,28,31). The maximum Gasteiger partial charge on any atom is 0.258 e. The molecule has 0 bridgehead atoms. The quantitative estimate of drug-likeness (QED) is 0.357. The van der Waals surface area contributed by atoms with E-state index in [9.17, 15) is 9.59 Å². The molecule has 0 atom stereocenters. The fourth-order valence-corrected chi connectivity index (χ4v) is 2.96. The number of aromatic nitrogens is 1. The number of hydrogen-bond acceptors (Lipinski definition) is 4. The smallest absolute Gasteiger partial charge is 0.258 e. The summed E-state index contributed by atoms with van der Waals surface area (Å²) >= 11 is 11.9. The fraction of sp³-hybridized carbons (Fsp3) is 0.0909. The van der Waals surface area contributed by atoms with Crippen LogP contribution in [0.1, 0.15) is 27.6 Å². The van der Waals surface area contributed by atoms with E-state index in [0.29, 0.717) is 32.9 Å². The lowest BCUT2D eigenvalue weighted by molar-refractivity contribution is 0.102. The third-order valence-electron chi connectivity index (χ3n) is 4.46. The minimum Gasteiger partial charge on any atom is -0.334 e. The van der Waals surface area contributed by atoms with Gasteiger partial charge in [-0.05, 0) is 61.5 Å². The summed E-state index contributed by atoms with van der Waals surface area (Å²) < 4.78 is 0. The van der Waals surface area contributed by atoms with Crippen LogP contribution in [0.5, 0.6) is 0 Å². The summed E-state index contributed by atoms with van der Waals surface area (Å²) in [6.45, 7) is 1.67. The number of pyridine rings is 1. The molecule has 3 rings (SSSR count). The molecule has 0 saturated heterocycles. The zero-order valence-electron chi connectivity index (χ0n) is 16.7. The summed E-state index contributed by atoms with van der Waals surface area (Å²) in [6.07, 6.45) is 1.42. The molecule has 0 radical (unpaired) electrons. The van der Waals surface area contributed by atoms with Crippen LogP contribution in [0.25, 0.3) is 0 Å². The van der Waals surface area contributed by atoms with Crippen LogP contribution in [0, 0.1) is 5.41 Å². The Hall–Kier alpha value is -3.42. The van der Waals surface area contributed by atoms with Gasteiger partial charge in [0.25, 0.3) is 11.8 Å². The van der Waals surface area contributed by atoms with Gasteiger partial charge in [-0.2, -0.15) is 0 Å². The molecule has 0 aliphatic carbocycles. The van der Waals surface area contributed by atoms with Crippen molar-refractivity contribution in [1.29, 1.82) is 5.41 Å². The van der Waals surface area contributed by atoms with Crippen molar-refractivity contribution in [3.8, 4) is 0 Å². The van der Waals surface area contributed by atoms with Gasteiger partial charge in [0.05, 0.1) is 22.1 Å². The summed E-state index contributed by atoms with van der Waals surface area (Å²) in [4.78, 5) is 31.2. The number of amides is 2. The van der Waals surface area contributed by atoms with Gasteiger partial charge >= 0.3 is 0 Å². The van der Waals surface area contributed by atoms with Crippen molar-refractivity contribution < 1.29 is 9.59 Å². The van der Waals surface area contributed by atoms with Crippen molar-refractivity contribution in [3.05, 3.63) is 82.0 Å². The van der Waals surface area contributed by atoms with Crippen molar-refractivity contribution in [2.45, 2.75) is 6.92 Å². The lowest BCUT2D eigenvalue weighted by Gasteiger charge is -2.17. The van der Waals surface area contributed by atoms with Gasteiger partial charge in [-0.15, -0.1) is 0 Å². The number of halogens is 2. The number of hydrogen-bond donors (Lipinski definition) is 3. The normalized spacial score (nSPS) is 10.3. The first-order chi connectivity index (χ1) is 14.7. The molecular weight excluding hydrogens is 437 g/mol. The molecule has 0 saturated carbocycles. The van der Waals surface area contributed by atoms with E-state index in [1.54, 1.807) is 67.4 Å². The summed E-state index contributed by atoms with van der Waals surface area (Å²) in [5.41, 5.74) is 1.68. The Morgan fingerprint density at radius 3 is 2.23 bits per heavy atom. The summed E-state index contributed by atoms with van der Waals surface area (Å²) in [7, 11) is 1.77. The number of rotatable bonds is 5. The first kappa shape index (κ1) is 22.3. The van der Waals surface area contributed by atoms with Crippen molar-refractivity contribution >= 4 is 58.0 Å². The van der Waals surface area contributed by atoms with E-state index in [1.165, 1.54) is 12.3 Å². The predicted molar refractivity (Wildman–Crippen MR) is 125 cm³/mol. The van der Waals surface area contributed by atoms with E-state index in [-0.39, 0.29) is 11.5 Å². The van der Waals surface area contributed by atoms with Crippen LogP contribution in [-0.2, 0) is 0 Å². The maximum atomic E-state index is 12.8. The minimum atomic E-state index is -0.481. The van der Waals surface area contributed by atoms with E-state index in [0.717, 1.165) is 5.69 Å². The molecule has 31 heavy (non-hydrogen) atoms. The average molecular weight is 456 g/mol. The van der Waals surface area contributed by atoms with Gasteiger partial charge in [0.1, 0.15) is 5.82 Å². The van der Waals surface area contributed by atoms with Gasteiger partial charge in [0.2, 0.25) is 0 Å². The second-order valence-electron chi connectivity index (χ2n) is 6.65. The molecule has 158 valence electrons. The van der Waals surface area contributed by atoms with Crippen LogP contribution in [0.3, 0.4) is 0 Å². The first-order valence-corrected chi connectivity index (χ1v) is 9.93. The molecule has 0 fully saturated rings. The van der Waals surface area contributed by atoms with Crippen LogP contribution >= 0.6 is 23.2 Å². The molecule has 0 spiro atoms. The summed E-state index contributed by atoms with van der Waals surface area (Å²) in [5, 5.41) is 13.9. The van der Waals surface area contributed by atoms with Gasteiger partial charge in [0, 0.05) is 29.5 Å². The minimum absolute atomic E-state index is 0.188. The van der Waals surface area contributed by atoms with Gasteiger partial charge in [-0.3, -0.25) is 15.0 Å². The van der Waals surface area contributed by atoms with Crippen molar-refractivity contribution in [2.75, 3.05) is 22.6 Å². The van der Waals surface area contributed by atoms with E-state index >= 15 is 0 Å². The van der Waals surface area contributed by atoms with Gasteiger partial charge in [-0.25, -0.2) is 4.98 Å². The lowest BCUT2D eigenvalue weighted by Crippen LogP contribution is -2.22. The molecule has 0 aliphatic heterocycles. The number of carbonyl (C=O) groups excluding carboxylic acids is 2. The Labute approximate surface area is 189 Å². The number of nitrogens with zero attached hydrogens (tertiary/aromatic N) is 2. The van der Waals surface area contributed by atoms with E-state index in [4.69, 9.17) is 28.6 Å². The van der Waals surface area contributed by atoms with Crippen molar-refractivity contribution in [1.82, 2.24) is 4.98 Å². The molecule has 1 aromatic heterocycles. The van der Waals surface area contributed by atoms with Crippen molar-refractivity contribution in [2.24, 2.45) is 0 Å². The lowest BCUT2D eigenvalue weighted by atomic mass is 10.1. The van der Waals surface area contributed by atoms with Gasteiger partial charge < -0.3 is 15.5 Å². The van der Waals surface area contributed by atoms with Gasteiger partial charge in [-0.1, -0.05) is 23.2 Å². The monoisotopic (exact) mass is 455 g/mol. The average Bonchev–Trinajstić information content (AvgIpc) is 2.76. The molecule has 0 unspecified atom stereocenters. The predicted octanol–water partition coefficient (Wildman–Crippen LogP) is 5.33. The highest BCUT2D eigenvalue weighted by Gasteiger charge is 2.16. The Balaban J connectivity index is 1.80. The molecule has 0 aliphatic rings. The fourth-order valence-electron chi connectivity index (χ4n) is 2.67. The zero-order valence-corrected chi connectivity index (χ0v) is 18.3. The zero-order chi connectivity index (χ0) is 22.5. The Bertz CT molecular complexity index is 1130. The van der Waals surface area contributed by atoms with Crippen LogP contribution in [0.15, 0.2) is 60.8 Å². The first-order valence-electron chi connectivity index (χ1n) is 9.17. The SMILES string of the molecule is CC(=N)N(C)c1ccc(C(=O)Nc2ccc(Cl)cc2C(=O)Nc2ccc(Cl)cn2)cc1. The molecule has 1 heterocycles. The number of amidine groups is 1. The summed E-state index contributed by atoms with van der Waals surface area (Å²) in [6, 6.07) is 14.6. The second-order valence-corrected chi connectivity index (χ2v) is 7.52. The molecule has 7 nitrogen and oxygen atoms in total. The molecular formula is C22H19Cl2N5O2. The Morgan fingerprint density at radius 1 is 0.935 bits per heavy atom. The van der Waals surface area contributed by atoms with Crippen LogP contribution < -0.4 is 15.5 Å². The molecule has 3 aromatic rings. The highest BCUT2D eigenvalue weighted by Crippen LogP contribution is 2.23. The molecule has 9 heteroatoms. The number of benzene rings is 2. The second kappa shape index (κ2) is 9.59.